The van der Waals surface area contributed by atoms with Crippen LogP contribution in [0.15, 0.2) is 48.7 Å². The summed E-state index contributed by atoms with van der Waals surface area (Å²) in [7, 11) is 1.41. The topological polar surface area (TPSA) is 59.2 Å². The van der Waals surface area contributed by atoms with E-state index in [1.165, 1.54) is 7.11 Å². The second-order valence-electron chi connectivity index (χ2n) is 5.91. The Balaban J connectivity index is 2.41. The van der Waals surface area contributed by atoms with Gasteiger partial charge in [-0.2, -0.15) is 0 Å². The SMILES string of the molecule is COC(=O)CCc1cc(C)c(-c2ccccc(C=O)cc[nH]2)c(C)c1. The number of carbonyl (C=O) groups excluding carboxylic acids is 2. The van der Waals surface area contributed by atoms with Gasteiger partial charge in [-0.3, -0.25) is 9.59 Å². The molecule has 2 aromatic rings. The summed E-state index contributed by atoms with van der Waals surface area (Å²) < 4.78 is 4.70. The zero-order valence-electron chi connectivity index (χ0n) is 14.8. The van der Waals surface area contributed by atoms with Gasteiger partial charge in [0.25, 0.3) is 0 Å². The number of aldehydes is 1. The van der Waals surface area contributed by atoms with Crippen LogP contribution in [0.1, 0.15) is 33.5 Å². The average Bonchev–Trinajstić information content (AvgIpc) is 2.71. The van der Waals surface area contributed by atoms with Crippen molar-refractivity contribution in [1.82, 2.24) is 4.98 Å². The fraction of sp³-hybridized carbons (Fsp3) is 0.238. The minimum absolute atomic E-state index is 0.200. The van der Waals surface area contributed by atoms with Gasteiger partial charge in [0.05, 0.1) is 7.11 Å². The van der Waals surface area contributed by atoms with Crippen molar-refractivity contribution in [3.8, 4) is 11.3 Å². The van der Waals surface area contributed by atoms with E-state index in [0.717, 1.165) is 34.2 Å². The molecule has 0 aliphatic carbocycles. The fourth-order valence-corrected chi connectivity index (χ4v) is 2.85. The van der Waals surface area contributed by atoms with Crippen molar-refractivity contribution in [1.29, 1.82) is 0 Å². The number of hydrogen-bond donors (Lipinski definition) is 1. The van der Waals surface area contributed by atoms with E-state index in [2.05, 4.69) is 31.0 Å². The number of aryl methyl sites for hydroxylation is 3. The minimum atomic E-state index is -0.200. The molecule has 0 saturated carbocycles. The average molecular weight is 337 g/mol. The van der Waals surface area contributed by atoms with Crippen molar-refractivity contribution in [2.75, 3.05) is 7.11 Å². The van der Waals surface area contributed by atoms with Gasteiger partial charge >= 0.3 is 5.97 Å². The molecule has 0 spiro atoms. The van der Waals surface area contributed by atoms with Crippen LogP contribution in [0.2, 0.25) is 0 Å². The number of benzene rings is 1. The number of H-pyrrole nitrogens is 1. The first-order valence-corrected chi connectivity index (χ1v) is 8.19. The third kappa shape index (κ3) is 5.05. The van der Waals surface area contributed by atoms with Crippen LogP contribution in [0, 0.1) is 13.8 Å². The van der Waals surface area contributed by atoms with Crippen LogP contribution in [0.5, 0.6) is 0 Å². The van der Waals surface area contributed by atoms with Gasteiger partial charge in [0.2, 0.25) is 0 Å². The number of ether oxygens (including phenoxy) is 1. The lowest BCUT2D eigenvalue weighted by Gasteiger charge is -2.12. The first-order valence-electron chi connectivity index (χ1n) is 8.19. The summed E-state index contributed by atoms with van der Waals surface area (Å²) >= 11 is 0. The minimum Gasteiger partial charge on any atom is -0.469 e. The smallest absolute Gasteiger partial charge is 0.305 e. The fourth-order valence-electron chi connectivity index (χ4n) is 2.85. The molecule has 0 bridgehead atoms. The normalized spacial score (nSPS) is 10.0. The van der Waals surface area contributed by atoms with Crippen LogP contribution in [-0.2, 0) is 16.0 Å². The molecule has 0 unspecified atom stereocenters. The number of nitrogens with one attached hydrogen (secondary N) is 1. The predicted octanol–water partition coefficient (Wildman–Crippen LogP) is 4.34. The second-order valence-corrected chi connectivity index (χ2v) is 5.91. The largest absolute Gasteiger partial charge is 0.469 e. The highest BCUT2D eigenvalue weighted by Crippen LogP contribution is 2.26. The van der Waals surface area contributed by atoms with Gasteiger partial charge in [0.1, 0.15) is 6.29 Å². The number of hydrogen-bond acceptors (Lipinski definition) is 3. The quantitative estimate of drug-likeness (QED) is 0.652. The highest BCUT2D eigenvalue weighted by atomic mass is 16.5. The highest BCUT2D eigenvalue weighted by molar-refractivity contribution is 5.74. The first-order chi connectivity index (χ1) is 12.0. The maximum Gasteiger partial charge on any atom is 0.305 e. The molecule has 1 N–H and O–H groups in total. The Hall–Kier alpha value is -2.88. The Morgan fingerprint density at radius 1 is 1.12 bits per heavy atom. The van der Waals surface area contributed by atoms with Crippen LogP contribution in [-0.4, -0.2) is 24.3 Å². The Morgan fingerprint density at radius 3 is 2.44 bits per heavy atom. The van der Waals surface area contributed by atoms with Crippen molar-refractivity contribution in [3.05, 3.63) is 70.9 Å². The Labute approximate surface area is 148 Å². The van der Waals surface area contributed by atoms with Crippen LogP contribution in [0.25, 0.3) is 11.3 Å². The molecule has 0 saturated heterocycles. The summed E-state index contributed by atoms with van der Waals surface area (Å²) in [6.07, 6.45) is 3.62. The standard InChI is InChI=1S/C21H23NO3/c1-15-12-18(8-9-20(24)25-3)13-16(2)21(15)19-7-5-4-6-17(14-23)10-11-22-19/h4-7,10-14,22H,8-9H2,1-3H3. The second kappa shape index (κ2) is 8.83. The molecule has 0 atom stereocenters. The molecule has 1 aromatic heterocycles. The lowest BCUT2D eigenvalue weighted by atomic mass is 9.95. The van der Waals surface area contributed by atoms with E-state index >= 15 is 0 Å². The summed E-state index contributed by atoms with van der Waals surface area (Å²) in [4.78, 5) is 25.5. The lowest BCUT2D eigenvalue weighted by Crippen LogP contribution is -2.02. The predicted molar refractivity (Wildman–Crippen MR) is 99.1 cm³/mol. The van der Waals surface area contributed by atoms with E-state index in [9.17, 15) is 9.59 Å². The first kappa shape index (κ1) is 18.5. The number of carbonyl (C=O) groups is 2. The van der Waals surface area contributed by atoms with Crippen LogP contribution in [0.3, 0.4) is 0 Å². The van der Waals surface area contributed by atoms with Crippen LogP contribution in [0.4, 0.5) is 0 Å². The summed E-state index contributed by atoms with van der Waals surface area (Å²) in [5.41, 5.74) is 6.05. The number of aromatic nitrogens is 1. The maximum atomic E-state index is 11.3. The molecule has 4 heteroatoms. The molecule has 0 fully saturated rings. The van der Waals surface area contributed by atoms with E-state index in [4.69, 9.17) is 4.74 Å². The number of methoxy groups -OCH3 is 1. The van der Waals surface area contributed by atoms with Gasteiger partial charge in [-0.05, 0) is 49.1 Å². The zero-order chi connectivity index (χ0) is 18.2. The van der Waals surface area contributed by atoms with Crippen LogP contribution >= 0.6 is 0 Å². The molecule has 2 rings (SSSR count). The van der Waals surface area contributed by atoms with Crippen molar-refractivity contribution in [3.63, 3.8) is 0 Å². The van der Waals surface area contributed by atoms with Gasteiger partial charge in [-0.15, -0.1) is 0 Å². The van der Waals surface area contributed by atoms with Crippen molar-refractivity contribution in [2.45, 2.75) is 26.7 Å². The van der Waals surface area contributed by atoms with E-state index in [0.29, 0.717) is 18.4 Å². The van der Waals surface area contributed by atoms with E-state index < -0.39 is 0 Å². The molecule has 4 nitrogen and oxygen atoms in total. The van der Waals surface area contributed by atoms with E-state index in [-0.39, 0.29) is 5.97 Å². The van der Waals surface area contributed by atoms with Crippen LogP contribution < -0.4 is 0 Å². The van der Waals surface area contributed by atoms with Gasteiger partial charge in [-0.25, -0.2) is 0 Å². The maximum absolute atomic E-state index is 11.3. The summed E-state index contributed by atoms with van der Waals surface area (Å²) in [5.74, 6) is -0.200. The molecule has 0 radical (unpaired) electrons. The monoisotopic (exact) mass is 337 g/mol. The number of esters is 1. The van der Waals surface area contributed by atoms with Crippen molar-refractivity contribution >= 4 is 12.3 Å². The summed E-state index contributed by atoms with van der Waals surface area (Å²) in [6.45, 7) is 4.11. The molecule has 1 heterocycles. The van der Waals surface area contributed by atoms with Crippen molar-refractivity contribution < 1.29 is 14.3 Å². The summed E-state index contributed by atoms with van der Waals surface area (Å²) in [5, 5.41) is 0. The summed E-state index contributed by atoms with van der Waals surface area (Å²) in [6, 6.07) is 13.4. The molecule has 1 aromatic carbocycles. The third-order valence-corrected chi connectivity index (χ3v) is 4.02. The van der Waals surface area contributed by atoms with Gasteiger partial charge in [-0.1, -0.05) is 30.3 Å². The Bertz CT molecular complexity index is 796. The molecule has 130 valence electrons. The molecule has 0 aliphatic heterocycles. The van der Waals surface area contributed by atoms with Crippen molar-refractivity contribution in [2.24, 2.45) is 0 Å². The van der Waals surface area contributed by atoms with E-state index in [1.807, 2.05) is 18.2 Å². The van der Waals surface area contributed by atoms with E-state index in [1.54, 1.807) is 18.3 Å². The molecular formula is C21H23NO3. The van der Waals surface area contributed by atoms with Gasteiger partial charge in [0.15, 0.2) is 0 Å². The number of aromatic amines is 1. The Morgan fingerprint density at radius 2 is 1.80 bits per heavy atom. The van der Waals surface area contributed by atoms with Gasteiger partial charge < -0.3 is 9.72 Å². The molecular weight excluding hydrogens is 314 g/mol. The molecule has 0 aliphatic rings. The highest BCUT2D eigenvalue weighted by Gasteiger charge is 2.09. The lowest BCUT2D eigenvalue weighted by molar-refractivity contribution is -0.140. The molecule has 25 heavy (non-hydrogen) atoms. The molecule has 0 amide bonds. The number of rotatable bonds is 5. The third-order valence-electron chi connectivity index (χ3n) is 4.02. The van der Waals surface area contributed by atoms with Gasteiger partial charge in [0, 0.05) is 29.4 Å². The zero-order valence-corrected chi connectivity index (χ0v) is 14.8. The Kier molecular flexibility index (Phi) is 6.52.